The van der Waals surface area contributed by atoms with E-state index in [1.54, 1.807) is 29.2 Å². The second-order valence-electron chi connectivity index (χ2n) is 11.8. The Labute approximate surface area is 316 Å². The summed E-state index contributed by atoms with van der Waals surface area (Å²) in [7, 11) is 0. The highest BCUT2D eigenvalue weighted by atomic mass is 32.1. The van der Waals surface area contributed by atoms with Gasteiger partial charge in [-0.05, 0) is 109 Å². The van der Waals surface area contributed by atoms with E-state index < -0.39 is 77.9 Å². The van der Waals surface area contributed by atoms with Crippen LogP contribution in [0.15, 0.2) is 188 Å². The minimum Gasteiger partial charge on any atom is -0.310 e. The Morgan fingerprint density at radius 3 is 2.00 bits per heavy atom. The zero-order valence-electron chi connectivity index (χ0n) is 41.1. The molecule has 0 radical (unpaired) electrons. The van der Waals surface area contributed by atoms with Crippen molar-refractivity contribution < 1.29 is 20.6 Å². The smallest absolute Gasteiger partial charge is 0.0652 e. The fourth-order valence-electron chi connectivity index (χ4n) is 6.54. The van der Waals surface area contributed by atoms with E-state index in [9.17, 15) is 6.85 Å². The van der Waals surface area contributed by atoms with Gasteiger partial charge in [0.1, 0.15) is 0 Å². The van der Waals surface area contributed by atoms with Crippen LogP contribution in [0.5, 0.6) is 0 Å². The first-order valence-electron chi connectivity index (χ1n) is 23.4. The molecule has 0 N–H and O–H groups in total. The maximum absolute atomic E-state index is 10.1. The predicted molar refractivity (Wildman–Crippen MR) is 217 cm³/mol. The van der Waals surface area contributed by atoms with E-state index in [0.29, 0.717) is 11.4 Å². The number of nitrogens with zero attached hydrogens (tertiary/aromatic N) is 1. The Morgan fingerprint density at radius 1 is 0.440 bits per heavy atom. The normalized spacial score (nSPS) is 15.8. The van der Waals surface area contributed by atoms with Gasteiger partial charge in [0.25, 0.3) is 0 Å². The van der Waals surface area contributed by atoms with Crippen LogP contribution in [0.25, 0.3) is 74.7 Å². The number of benzene rings is 9. The van der Waals surface area contributed by atoms with Gasteiger partial charge in [0.15, 0.2) is 0 Å². The van der Waals surface area contributed by atoms with Crippen molar-refractivity contribution in [3.8, 4) is 22.3 Å². The third-order valence-electron chi connectivity index (χ3n) is 8.87. The fraction of sp³-hybridized carbons (Fsp3) is 0. The summed E-state index contributed by atoms with van der Waals surface area (Å²) < 4.78 is 136. The molecular weight excluding hydrogens is 623 g/mol. The first-order valence-corrected chi connectivity index (χ1v) is 16.7. The minimum atomic E-state index is -0.719. The lowest BCUT2D eigenvalue weighted by Crippen LogP contribution is -2.09. The summed E-state index contributed by atoms with van der Waals surface area (Å²) >= 11 is 0.872. The second-order valence-corrected chi connectivity index (χ2v) is 12.8. The zero-order valence-corrected chi connectivity index (χ0v) is 26.9. The molecule has 234 valence electrons. The molecule has 0 spiro atoms. The number of thiophene rings is 1. The third kappa shape index (κ3) is 4.76. The molecule has 10 aromatic rings. The van der Waals surface area contributed by atoms with Crippen LogP contribution in [0, 0.1) is 0 Å². The number of para-hydroxylation sites is 1. The zero-order chi connectivity index (χ0) is 46.1. The molecule has 0 saturated carbocycles. The minimum absolute atomic E-state index is 0.0117. The van der Waals surface area contributed by atoms with E-state index in [1.165, 1.54) is 0 Å². The van der Waals surface area contributed by atoms with E-state index in [2.05, 4.69) is 6.07 Å². The fourth-order valence-corrected chi connectivity index (χ4v) is 7.66. The van der Waals surface area contributed by atoms with Crippen LogP contribution >= 0.6 is 11.3 Å². The third-order valence-corrected chi connectivity index (χ3v) is 9.99. The first-order chi connectivity index (χ1) is 31.0. The Balaban J connectivity index is 1.36. The quantitative estimate of drug-likeness (QED) is 0.176. The molecule has 1 aromatic heterocycles. The van der Waals surface area contributed by atoms with Crippen LogP contribution in [-0.4, -0.2) is 0 Å². The van der Waals surface area contributed by atoms with Gasteiger partial charge in [-0.15, -0.1) is 11.3 Å². The highest BCUT2D eigenvalue weighted by molar-refractivity contribution is 7.26. The summed E-state index contributed by atoms with van der Waals surface area (Å²) in [6.07, 6.45) is 0. The predicted octanol–water partition coefficient (Wildman–Crippen LogP) is 14.3. The standard InChI is InChI=1S/C48H31NS/c1-2-16-38(17-3-1)49(39-25-23-33(24-26-39)36-22-21-32-11-4-5-13-35(32)29-36)40-27-28-46-45(31-40)47-44(30-37-14-7-9-19-42(37)48(47)50-46)43-20-10-15-34-12-6-8-18-41(34)43/h1-31H/i6D,7D,8D,9D,10D,12D,14D,15D,18D,19D,20D,27D,28D,30D,31D. The summed E-state index contributed by atoms with van der Waals surface area (Å²) in [4.78, 5) is 1.67. The average Bonchev–Trinajstić information content (AvgIpc) is 3.72. The summed E-state index contributed by atoms with van der Waals surface area (Å²) in [6.45, 7) is 0. The molecule has 0 aliphatic carbocycles. The van der Waals surface area contributed by atoms with Crippen LogP contribution in [0.3, 0.4) is 0 Å². The van der Waals surface area contributed by atoms with Crippen molar-refractivity contribution in [2.24, 2.45) is 0 Å². The van der Waals surface area contributed by atoms with Gasteiger partial charge in [0.05, 0.1) is 20.6 Å². The number of hydrogen-bond donors (Lipinski definition) is 0. The van der Waals surface area contributed by atoms with Crippen LogP contribution in [0.4, 0.5) is 17.1 Å². The number of hydrogen-bond acceptors (Lipinski definition) is 2. The molecule has 1 nitrogen and oxygen atoms in total. The molecule has 0 fully saturated rings. The van der Waals surface area contributed by atoms with Gasteiger partial charge in [-0.2, -0.15) is 0 Å². The molecule has 0 aliphatic heterocycles. The van der Waals surface area contributed by atoms with E-state index >= 15 is 0 Å². The van der Waals surface area contributed by atoms with Crippen molar-refractivity contribution in [2.75, 3.05) is 4.90 Å². The Kier molecular flexibility index (Phi) is 4.09. The number of rotatable bonds is 5. The molecular formula is C48H31NS. The Hall–Kier alpha value is -6.22. The monoisotopic (exact) mass is 668 g/mol. The average molecular weight is 669 g/mol. The van der Waals surface area contributed by atoms with Gasteiger partial charge in [0, 0.05) is 37.2 Å². The van der Waals surface area contributed by atoms with Gasteiger partial charge in [-0.25, -0.2) is 0 Å². The van der Waals surface area contributed by atoms with Crippen molar-refractivity contribution in [3.05, 3.63) is 188 Å². The molecule has 1 heterocycles. The summed E-state index contributed by atoms with van der Waals surface area (Å²) in [5, 5.41) is 0.960. The van der Waals surface area contributed by atoms with Crippen LogP contribution in [0.1, 0.15) is 20.6 Å². The van der Waals surface area contributed by atoms with Gasteiger partial charge >= 0.3 is 0 Å². The molecule has 0 aliphatic rings. The summed E-state index contributed by atoms with van der Waals surface area (Å²) in [5.74, 6) is 0. The van der Waals surface area contributed by atoms with Crippen molar-refractivity contribution in [1.29, 1.82) is 0 Å². The number of fused-ring (bicyclic) bond motifs is 7. The molecule has 0 amide bonds. The van der Waals surface area contributed by atoms with Crippen LogP contribution < -0.4 is 4.90 Å². The topological polar surface area (TPSA) is 3.24 Å². The van der Waals surface area contributed by atoms with Crippen molar-refractivity contribution >= 4 is 80.9 Å². The SMILES string of the molecule is [2H]c1c(N(c2ccccc2)c2ccc(-c3ccc4ccccc4c3)cc2)c([2H])c2c(sc3c4c([2H])c([2H])c([2H])c([2H])c4c([2H])c(-c4c([2H])c([2H])c([2H])c5c([2H])c([2H])c([2H])c([2H])c45)c32)c1[2H]. The van der Waals surface area contributed by atoms with Gasteiger partial charge in [-0.1, -0.05) is 133 Å². The van der Waals surface area contributed by atoms with Crippen molar-refractivity contribution in [3.63, 3.8) is 0 Å². The van der Waals surface area contributed by atoms with Gasteiger partial charge in [0.2, 0.25) is 0 Å². The van der Waals surface area contributed by atoms with E-state index in [1.807, 2.05) is 66.7 Å². The van der Waals surface area contributed by atoms with E-state index in [0.717, 1.165) is 33.2 Å². The largest absolute Gasteiger partial charge is 0.310 e. The highest BCUT2D eigenvalue weighted by Gasteiger charge is 2.19. The highest BCUT2D eigenvalue weighted by Crippen LogP contribution is 2.47. The summed E-state index contributed by atoms with van der Waals surface area (Å²) in [5.41, 5.74) is 2.24. The van der Waals surface area contributed by atoms with Gasteiger partial charge < -0.3 is 4.90 Å². The second kappa shape index (κ2) is 11.7. The maximum atomic E-state index is 10.1. The Morgan fingerprint density at radius 2 is 1.14 bits per heavy atom. The maximum Gasteiger partial charge on any atom is 0.0652 e. The molecule has 50 heavy (non-hydrogen) atoms. The first kappa shape index (κ1) is 17.4. The van der Waals surface area contributed by atoms with Crippen LogP contribution in [0.2, 0.25) is 0 Å². The summed E-state index contributed by atoms with van der Waals surface area (Å²) in [6, 6.07) is 22.0. The molecule has 0 saturated heterocycles. The van der Waals surface area contributed by atoms with Crippen molar-refractivity contribution in [1.82, 2.24) is 0 Å². The van der Waals surface area contributed by atoms with E-state index in [4.69, 9.17) is 13.7 Å². The lowest BCUT2D eigenvalue weighted by Gasteiger charge is -2.26. The molecule has 10 rings (SSSR count). The number of anilines is 3. The lowest BCUT2D eigenvalue weighted by molar-refractivity contribution is 1.29. The molecule has 2 heteroatoms. The Bertz CT molecular complexity index is 3710. The van der Waals surface area contributed by atoms with Gasteiger partial charge in [-0.3, -0.25) is 0 Å². The molecule has 0 bridgehead atoms. The lowest BCUT2D eigenvalue weighted by atomic mass is 9.92. The van der Waals surface area contributed by atoms with Crippen LogP contribution in [-0.2, 0) is 0 Å². The van der Waals surface area contributed by atoms with Crippen molar-refractivity contribution in [2.45, 2.75) is 0 Å². The van der Waals surface area contributed by atoms with E-state index in [-0.39, 0.29) is 71.3 Å². The molecule has 0 unspecified atom stereocenters. The molecule has 0 atom stereocenters. The molecule has 9 aromatic carbocycles.